The summed E-state index contributed by atoms with van der Waals surface area (Å²) in [5, 5.41) is 11.7. The van der Waals surface area contributed by atoms with Crippen molar-refractivity contribution in [1.29, 1.82) is 0 Å². The highest BCUT2D eigenvalue weighted by Crippen LogP contribution is 2.30. The molecular formula is C20H19N3O2. The molecule has 0 atom stereocenters. The van der Waals surface area contributed by atoms with Crippen LogP contribution in [-0.2, 0) is 0 Å². The SMILES string of the molecule is O=[N+]([O-])c1ccc2nc(N3CCC(c4ccccc4)CC3)ccc2c1. The third-order valence-electron chi connectivity index (χ3n) is 4.96. The summed E-state index contributed by atoms with van der Waals surface area (Å²) in [5.74, 6) is 1.56. The van der Waals surface area contributed by atoms with Gasteiger partial charge in [-0.1, -0.05) is 30.3 Å². The van der Waals surface area contributed by atoms with Crippen molar-refractivity contribution in [3.63, 3.8) is 0 Å². The van der Waals surface area contributed by atoms with Gasteiger partial charge in [-0.2, -0.15) is 0 Å². The predicted molar refractivity (Wildman–Crippen MR) is 99.0 cm³/mol. The molecule has 1 saturated heterocycles. The van der Waals surface area contributed by atoms with Crippen LogP contribution in [0.2, 0.25) is 0 Å². The molecule has 0 radical (unpaired) electrons. The molecule has 0 bridgehead atoms. The van der Waals surface area contributed by atoms with Crippen LogP contribution in [0.3, 0.4) is 0 Å². The molecule has 3 aromatic rings. The van der Waals surface area contributed by atoms with Crippen molar-refractivity contribution in [3.05, 3.63) is 76.3 Å². The second-order valence-electron chi connectivity index (χ2n) is 6.48. The molecule has 0 saturated carbocycles. The Bertz CT molecular complexity index is 903. The van der Waals surface area contributed by atoms with Gasteiger partial charge in [0.2, 0.25) is 0 Å². The van der Waals surface area contributed by atoms with E-state index in [-0.39, 0.29) is 10.6 Å². The van der Waals surface area contributed by atoms with Crippen molar-refractivity contribution >= 4 is 22.4 Å². The monoisotopic (exact) mass is 333 g/mol. The first kappa shape index (κ1) is 15.6. The van der Waals surface area contributed by atoms with E-state index in [9.17, 15) is 10.1 Å². The lowest BCUT2D eigenvalue weighted by Crippen LogP contribution is -2.33. The van der Waals surface area contributed by atoms with E-state index in [2.05, 4.69) is 35.2 Å². The normalized spacial score (nSPS) is 15.4. The molecule has 2 heterocycles. The Morgan fingerprint density at radius 3 is 2.48 bits per heavy atom. The topological polar surface area (TPSA) is 59.3 Å². The van der Waals surface area contributed by atoms with Gasteiger partial charge in [-0.05, 0) is 42.5 Å². The molecular weight excluding hydrogens is 314 g/mol. The number of pyridine rings is 1. The quantitative estimate of drug-likeness (QED) is 0.522. The van der Waals surface area contributed by atoms with Gasteiger partial charge in [0.1, 0.15) is 5.82 Å². The average Bonchev–Trinajstić information content (AvgIpc) is 2.68. The van der Waals surface area contributed by atoms with Crippen LogP contribution < -0.4 is 4.90 Å². The molecule has 0 spiro atoms. The van der Waals surface area contributed by atoms with Crippen LogP contribution >= 0.6 is 0 Å². The molecule has 1 aliphatic rings. The van der Waals surface area contributed by atoms with Crippen LogP contribution in [-0.4, -0.2) is 23.0 Å². The maximum Gasteiger partial charge on any atom is 0.270 e. The van der Waals surface area contributed by atoms with Gasteiger partial charge in [-0.15, -0.1) is 0 Å². The highest BCUT2D eigenvalue weighted by Gasteiger charge is 2.21. The van der Waals surface area contributed by atoms with Crippen molar-refractivity contribution in [1.82, 2.24) is 4.98 Å². The Balaban J connectivity index is 1.51. The van der Waals surface area contributed by atoms with E-state index in [1.165, 1.54) is 11.6 Å². The van der Waals surface area contributed by atoms with Gasteiger partial charge in [0.05, 0.1) is 10.4 Å². The maximum absolute atomic E-state index is 10.9. The number of nitro groups is 1. The van der Waals surface area contributed by atoms with Crippen LogP contribution in [0.15, 0.2) is 60.7 Å². The molecule has 0 N–H and O–H groups in total. The number of hydrogen-bond acceptors (Lipinski definition) is 4. The van der Waals surface area contributed by atoms with Crippen LogP contribution in [0.5, 0.6) is 0 Å². The average molecular weight is 333 g/mol. The van der Waals surface area contributed by atoms with Gasteiger partial charge < -0.3 is 4.90 Å². The highest BCUT2D eigenvalue weighted by atomic mass is 16.6. The van der Waals surface area contributed by atoms with Crippen LogP contribution in [0.25, 0.3) is 10.9 Å². The Kier molecular flexibility index (Phi) is 4.06. The van der Waals surface area contributed by atoms with Gasteiger partial charge in [-0.25, -0.2) is 4.98 Å². The van der Waals surface area contributed by atoms with E-state index in [0.29, 0.717) is 5.92 Å². The summed E-state index contributed by atoms with van der Waals surface area (Å²) >= 11 is 0. The molecule has 0 unspecified atom stereocenters. The number of nitro benzene ring substituents is 1. The molecule has 5 heteroatoms. The molecule has 2 aromatic carbocycles. The number of piperidine rings is 1. The fourth-order valence-corrected chi connectivity index (χ4v) is 3.56. The zero-order valence-electron chi connectivity index (χ0n) is 13.8. The van der Waals surface area contributed by atoms with E-state index in [1.54, 1.807) is 12.1 Å². The first-order chi connectivity index (χ1) is 12.2. The second-order valence-corrected chi connectivity index (χ2v) is 6.48. The Morgan fingerprint density at radius 2 is 1.76 bits per heavy atom. The van der Waals surface area contributed by atoms with Crippen LogP contribution in [0, 0.1) is 10.1 Å². The molecule has 1 aromatic heterocycles. The van der Waals surface area contributed by atoms with Crippen molar-refractivity contribution in [2.24, 2.45) is 0 Å². The van der Waals surface area contributed by atoms with Gasteiger partial charge in [0, 0.05) is 30.6 Å². The first-order valence-electron chi connectivity index (χ1n) is 8.56. The lowest BCUT2D eigenvalue weighted by Gasteiger charge is -2.33. The van der Waals surface area contributed by atoms with Crippen LogP contribution in [0.4, 0.5) is 11.5 Å². The summed E-state index contributed by atoms with van der Waals surface area (Å²) in [5.41, 5.74) is 2.32. The standard InChI is InChI=1S/C20H19N3O2/c24-23(25)18-7-8-19-17(14-18)6-9-20(21-19)22-12-10-16(11-13-22)15-4-2-1-3-5-15/h1-9,14,16H,10-13H2. The number of non-ortho nitro benzene ring substituents is 1. The summed E-state index contributed by atoms with van der Waals surface area (Å²) in [6, 6.07) is 19.4. The molecule has 126 valence electrons. The summed E-state index contributed by atoms with van der Waals surface area (Å²) in [6.45, 7) is 1.95. The van der Waals surface area contributed by atoms with Gasteiger partial charge in [-0.3, -0.25) is 10.1 Å². The zero-order valence-corrected chi connectivity index (χ0v) is 13.8. The Hall–Kier alpha value is -2.95. The largest absolute Gasteiger partial charge is 0.357 e. The molecule has 4 rings (SSSR count). The molecule has 1 fully saturated rings. The summed E-state index contributed by atoms with van der Waals surface area (Å²) in [6.07, 6.45) is 2.23. The van der Waals surface area contributed by atoms with E-state index >= 15 is 0 Å². The Labute approximate surface area is 146 Å². The minimum Gasteiger partial charge on any atom is -0.357 e. The number of nitrogens with zero attached hydrogens (tertiary/aromatic N) is 3. The lowest BCUT2D eigenvalue weighted by atomic mass is 9.89. The van der Waals surface area contributed by atoms with E-state index in [1.807, 2.05) is 12.1 Å². The number of hydrogen-bond donors (Lipinski definition) is 0. The van der Waals surface area contributed by atoms with Crippen molar-refractivity contribution < 1.29 is 4.92 Å². The zero-order chi connectivity index (χ0) is 17.2. The smallest absolute Gasteiger partial charge is 0.270 e. The van der Waals surface area contributed by atoms with E-state index in [0.717, 1.165) is 42.7 Å². The van der Waals surface area contributed by atoms with Gasteiger partial charge in [0.25, 0.3) is 5.69 Å². The van der Waals surface area contributed by atoms with Gasteiger partial charge in [0.15, 0.2) is 0 Å². The predicted octanol–water partition coefficient (Wildman–Crippen LogP) is 4.53. The third kappa shape index (κ3) is 3.18. The molecule has 25 heavy (non-hydrogen) atoms. The molecule has 0 amide bonds. The summed E-state index contributed by atoms with van der Waals surface area (Å²) in [4.78, 5) is 17.5. The number of rotatable bonds is 3. The van der Waals surface area contributed by atoms with E-state index in [4.69, 9.17) is 4.98 Å². The van der Waals surface area contributed by atoms with Crippen LogP contribution in [0.1, 0.15) is 24.3 Å². The molecule has 5 nitrogen and oxygen atoms in total. The summed E-state index contributed by atoms with van der Waals surface area (Å²) < 4.78 is 0. The van der Waals surface area contributed by atoms with Crippen molar-refractivity contribution in [2.75, 3.05) is 18.0 Å². The van der Waals surface area contributed by atoms with E-state index < -0.39 is 0 Å². The third-order valence-corrected chi connectivity index (χ3v) is 4.96. The number of benzene rings is 2. The fourth-order valence-electron chi connectivity index (χ4n) is 3.56. The maximum atomic E-state index is 10.9. The summed E-state index contributed by atoms with van der Waals surface area (Å²) in [7, 11) is 0. The number of anilines is 1. The minimum absolute atomic E-state index is 0.103. The van der Waals surface area contributed by atoms with Crippen molar-refractivity contribution in [3.8, 4) is 0 Å². The minimum atomic E-state index is -0.373. The highest BCUT2D eigenvalue weighted by molar-refractivity contribution is 5.82. The van der Waals surface area contributed by atoms with Gasteiger partial charge >= 0.3 is 0 Å². The number of fused-ring (bicyclic) bond motifs is 1. The fraction of sp³-hybridized carbons (Fsp3) is 0.250. The molecule has 1 aliphatic heterocycles. The Morgan fingerprint density at radius 1 is 1.00 bits per heavy atom. The van der Waals surface area contributed by atoms with Crippen molar-refractivity contribution in [2.45, 2.75) is 18.8 Å². The lowest BCUT2D eigenvalue weighted by molar-refractivity contribution is -0.384. The second kappa shape index (κ2) is 6.51. The molecule has 0 aliphatic carbocycles. The number of aromatic nitrogens is 1. The first-order valence-corrected chi connectivity index (χ1v) is 8.56.